The summed E-state index contributed by atoms with van der Waals surface area (Å²) in [6.45, 7) is 0. The van der Waals surface area contributed by atoms with Crippen LogP contribution in [0.4, 0.5) is 5.69 Å². The molecule has 0 atom stereocenters. The fourth-order valence-electron chi connectivity index (χ4n) is 2.69. The van der Waals surface area contributed by atoms with E-state index in [-0.39, 0.29) is 34.0 Å². The summed E-state index contributed by atoms with van der Waals surface area (Å²) < 4.78 is 0. The fraction of sp³-hybridized carbons (Fsp3) is 0. The Hall–Kier alpha value is -4.99. The molecule has 3 rings (SSSR count). The molecule has 33 heavy (non-hydrogen) atoms. The molecule has 3 aromatic carbocycles. The minimum absolute atomic E-state index is 0.00375. The van der Waals surface area contributed by atoms with Gasteiger partial charge in [-0.2, -0.15) is 5.10 Å². The Balaban J connectivity index is 1.84. The minimum Gasteiger partial charge on any atom is -0.507 e. The van der Waals surface area contributed by atoms with Crippen LogP contribution in [0.1, 0.15) is 21.5 Å². The maximum absolute atomic E-state index is 12.7. The Morgan fingerprint density at radius 1 is 0.909 bits per heavy atom. The summed E-state index contributed by atoms with van der Waals surface area (Å²) in [6, 6.07) is 17.7. The second-order valence-corrected chi connectivity index (χ2v) is 6.64. The van der Waals surface area contributed by atoms with E-state index in [1.807, 2.05) is 0 Å². The zero-order valence-corrected chi connectivity index (χ0v) is 17.0. The van der Waals surface area contributed by atoms with E-state index in [0.717, 1.165) is 24.4 Å². The number of hydrogen-bond donors (Lipinski definition) is 4. The van der Waals surface area contributed by atoms with Crippen LogP contribution in [-0.4, -0.2) is 33.2 Å². The van der Waals surface area contributed by atoms with E-state index in [2.05, 4.69) is 15.8 Å². The third-order valence-electron chi connectivity index (χ3n) is 4.36. The molecule has 10 heteroatoms. The summed E-state index contributed by atoms with van der Waals surface area (Å²) in [5, 5.41) is 36.9. The monoisotopic (exact) mass is 446 g/mol. The van der Waals surface area contributed by atoms with Gasteiger partial charge in [-0.1, -0.05) is 36.4 Å². The molecule has 4 N–H and O–H groups in total. The second kappa shape index (κ2) is 10.4. The third kappa shape index (κ3) is 6.01. The maximum atomic E-state index is 12.7. The van der Waals surface area contributed by atoms with Gasteiger partial charge in [-0.25, -0.2) is 5.43 Å². The molecule has 0 aliphatic heterocycles. The number of phenols is 2. The Morgan fingerprint density at radius 3 is 2.27 bits per heavy atom. The minimum atomic E-state index is -0.830. The molecule has 0 aliphatic carbocycles. The van der Waals surface area contributed by atoms with Crippen molar-refractivity contribution in [1.82, 2.24) is 10.7 Å². The van der Waals surface area contributed by atoms with Crippen molar-refractivity contribution in [3.63, 3.8) is 0 Å². The number of nitro groups is 1. The number of para-hydroxylation sites is 1. The van der Waals surface area contributed by atoms with Gasteiger partial charge in [0.1, 0.15) is 17.2 Å². The number of carbonyl (C=O) groups is 2. The van der Waals surface area contributed by atoms with Gasteiger partial charge in [-0.3, -0.25) is 19.7 Å². The van der Waals surface area contributed by atoms with Gasteiger partial charge >= 0.3 is 0 Å². The van der Waals surface area contributed by atoms with E-state index in [4.69, 9.17) is 0 Å². The highest BCUT2D eigenvalue weighted by Crippen LogP contribution is 2.21. The van der Waals surface area contributed by atoms with Crippen molar-refractivity contribution in [2.45, 2.75) is 0 Å². The first-order valence-corrected chi connectivity index (χ1v) is 9.52. The van der Waals surface area contributed by atoms with Gasteiger partial charge in [0.2, 0.25) is 0 Å². The lowest BCUT2D eigenvalue weighted by atomic mass is 10.1. The lowest BCUT2D eigenvalue weighted by molar-refractivity contribution is -0.384. The number of carbonyl (C=O) groups excluding carboxylic acids is 2. The Labute approximate surface area is 187 Å². The van der Waals surface area contributed by atoms with Gasteiger partial charge in [-0.15, -0.1) is 0 Å². The molecule has 0 saturated carbocycles. The van der Waals surface area contributed by atoms with E-state index >= 15 is 0 Å². The molecule has 0 unspecified atom stereocenters. The van der Waals surface area contributed by atoms with Gasteiger partial charge in [0.15, 0.2) is 0 Å². The van der Waals surface area contributed by atoms with Crippen molar-refractivity contribution < 1.29 is 24.7 Å². The number of nitro benzene ring substituents is 1. The van der Waals surface area contributed by atoms with Crippen LogP contribution in [0.25, 0.3) is 6.08 Å². The number of non-ortho nitro benzene ring substituents is 1. The summed E-state index contributed by atoms with van der Waals surface area (Å²) in [4.78, 5) is 35.5. The Bertz CT molecular complexity index is 1250. The summed E-state index contributed by atoms with van der Waals surface area (Å²) in [5.41, 5.74) is 2.29. The number of nitrogens with zero attached hydrogens (tertiary/aromatic N) is 2. The van der Waals surface area contributed by atoms with Crippen LogP contribution >= 0.6 is 0 Å². The summed E-state index contributed by atoms with van der Waals surface area (Å²) in [6.07, 6.45) is 2.29. The number of amides is 2. The fourth-order valence-corrected chi connectivity index (χ4v) is 2.69. The SMILES string of the molecule is O=C(N/N=C/c1cc([N+](=O)[O-])ccc1O)C(=Cc1ccccc1O)NC(=O)c1ccccc1. The zero-order valence-electron chi connectivity index (χ0n) is 17.0. The molecular weight excluding hydrogens is 428 g/mol. The predicted octanol–water partition coefficient (Wildman–Crippen LogP) is 2.93. The molecule has 10 nitrogen and oxygen atoms in total. The van der Waals surface area contributed by atoms with Crippen molar-refractivity contribution >= 4 is 29.8 Å². The van der Waals surface area contributed by atoms with Gasteiger partial charge in [0.05, 0.1) is 11.1 Å². The van der Waals surface area contributed by atoms with Crippen LogP contribution in [0.5, 0.6) is 11.5 Å². The molecule has 0 saturated heterocycles. The van der Waals surface area contributed by atoms with Crippen molar-refractivity contribution in [1.29, 1.82) is 0 Å². The molecule has 0 spiro atoms. The Kier molecular flexibility index (Phi) is 7.12. The molecule has 0 aromatic heterocycles. The average molecular weight is 446 g/mol. The predicted molar refractivity (Wildman–Crippen MR) is 120 cm³/mol. The smallest absolute Gasteiger partial charge is 0.287 e. The first kappa shape index (κ1) is 22.7. The lowest BCUT2D eigenvalue weighted by Gasteiger charge is -2.10. The lowest BCUT2D eigenvalue weighted by Crippen LogP contribution is -2.32. The number of nitrogens with one attached hydrogen (secondary N) is 2. The van der Waals surface area contributed by atoms with Crippen molar-refractivity contribution in [2.24, 2.45) is 5.10 Å². The highest BCUT2D eigenvalue weighted by atomic mass is 16.6. The average Bonchev–Trinajstić information content (AvgIpc) is 2.81. The number of hydrazone groups is 1. The molecule has 0 aliphatic rings. The quantitative estimate of drug-likeness (QED) is 0.189. The highest BCUT2D eigenvalue weighted by molar-refractivity contribution is 6.05. The van der Waals surface area contributed by atoms with Crippen molar-refractivity contribution in [3.05, 3.63) is 105 Å². The van der Waals surface area contributed by atoms with E-state index in [9.17, 15) is 29.9 Å². The van der Waals surface area contributed by atoms with Gasteiger partial charge in [0.25, 0.3) is 17.5 Å². The van der Waals surface area contributed by atoms with Crippen molar-refractivity contribution in [2.75, 3.05) is 0 Å². The maximum Gasteiger partial charge on any atom is 0.287 e. The molecule has 2 amide bonds. The van der Waals surface area contributed by atoms with Crippen LogP contribution in [0, 0.1) is 10.1 Å². The van der Waals surface area contributed by atoms with Gasteiger partial charge in [-0.05, 0) is 30.3 Å². The second-order valence-electron chi connectivity index (χ2n) is 6.64. The summed E-state index contributed by atoms with van der Waals surface area (Å²) in [7, 11) is 0. The molecule has 0 radical (unpaired) electrons. The topological polar surface area (TPSA) is 154 Å². The Morgan fingerprint density at radius 2 is 1.58 bits per heavy atom. The standard InChI is InChI=1S/C23H18N4O6/c28-20-9-5-4-8-16(20)13-19(25-22(30)15-6-2-1-3-7-15)23(31)26-24-14-17-12-18(27(32)33)10-11-21(17)29/h1-14,28-29H,(H,25,30)(H,26,31)/b19-13?,24-14+. The van der Waals surface area contributed by atoms with Crippen LogP contribution in [-0.2, 0) is 4.79 Å². The van der Waals surface area contributed by atoms with Gasteiger partial charge in [0, 0.05) is 28.8 Å². The molecule has 0 heterocycles. The van der Waals surface area contributed by atoms with Gasteiger partial charge < -0.3 is 15.5 Å². The first-order chi connectivity index (χ1) is 15.8. The largest absolute Gasteiger partial charge is 0.507 e. The molecule has 0 bridgehead atoms. The summed E-state index contributed by atoms with van der Waals surface area (Å²) >= 11 is 0. The number of hydrogen-bond acceptors (Lipinski definition) is 7. The van der Waals surface area contributed by atoms with Crippen LogP contribution in [0.3, 0.4) is 0 Å². The van der Waals surface area contributed by atoms with Crippen LogP contribution in [0.2, 0.25) is 0 Å². The highest BCUT2D eigenvalue weighted by Gasteiger charge is 2.15. The third-order valence-corrected chi connectivity index (χ3v) is 4.36. The normalized spacial score (nSPS) is 11.2. The molecule has 166 valence electrons. The number of aromatic hydroxyl groups is 2. The molecular formula is C23H18N4O6. The van der Waals surface area contributed by atoms with E-state index in [1.165, 1.54) is 12.1 Å². The van der Waals surface area contributed by atoms with E-state index in [1.54, 1.807) is 48.5 Å². The van der Waals surface area contributed by atoms with Crippen LogP contribution in [0.15, 0.2) is 83.6 Å². The van der Waals surface area contributed by atoms with E-state index in [0.29, 0.717) is 5.56 Å². The zero-order chi connectivity index (χ0) is 23.8. The summed E-state index contributed by atoms with van der Waals surface area (Å²) in [5.74, 6) is -1.78. The molecule has 0 fully saturated rings. The van der Waals surface area contributed by atoms with Crippen molar-refractivity contribution in [3.8, 4) is 11.5 Å². The number of rotatable bonds is 7. The number of benzene rings is 3. The van der Waals surface area contributed by atoms with Crippen LogP contribution < -0.4 is 10.7 Å². The number of phenolic OH excluding ortho intramolecular Hbond substituents is 2. The first-order valence-electron chi connectivity index (χ1n) is 9.52. The van der Waals surface area contributed by atoms with E-state index < -0.39 is 16.7 Å². The molecule has 3 aromatic rings.